The van der Waals surface area contributed by atoms with Crippen molar-refractivity contribution < 1.29 is 4.74 Å². The van der Waals surface area contributed by atoms with Gasteiger partial charge in [-0.15, -0.1) is 0 Å². The second-order valence-electron chi connectivity index (χ2n) is 1.95. The molecule has 0 amide bonds. The van der Waals surface area contributed by atoms with Gasteiger partial charge < -0.3 is 4.74 Å². The first-order chi connectivity index (χ1) is 4.93. The maximum atomic E-state index is 5.25. The molecule has 0 aliphatic carbocycles. The summed E-state index contributed by atoms with van der Waals surface area (Å²) in [5.41, 5.74) is 0. The molecule has 2 radical (unpaired) electrons. The van der Waals surface area contributed by atoms with Crippen molar-refractivity contribution in [1.82, 2.24) is 0 Å². The molecule has 0 atom stereocenters. The zero-order valence-corrected chi connectivity index (χ0v) is 5.79. The Morgan fingerprint density at radius 1 is 1.20 bits per heavy atom. The number of rotatable bonds is 3. The van der Waals surface area contributed by atoms with Crippen molar-refractivity contribution in [2.24, 2.45) is 0 Å². The fourth-order valence-corrected chi connectivity index (χ4v) is 0.693. The van der Waals surface area contributed by atoms with Gasteiger partial charge in [0.15, 0.2) is 0 Å². The standard InChI is InChI=1S/C8H9BO/c9-6-7-10-8-4-2-1-3-5-8/h1-5H,6-7H2. The van der Waals surface area contributed by atoms with Gasteiger partial charge in [-0.05, 0) is 12.1 Å². The third-order valence-corrected chi connectivity index (χ3v) is 1.13. The van der Waals surface area contributed by atoms with Gasteiger partial charge >= 0.3 is 0 Å². The van der Waals surface area contributed by atoms with E-state index in [0.29, 0.717) is 12.9 Å². The van der Waals surface area contributed by atoms with E-state index < -0.39 is 0 Å². The molecule has 10 heavy (non-hydrogen) atoms. The molecule has 0 aliphatic heterocycles. The largest absolute Gasteiger partial charge is 0.494 e. The Labute approximate surface area is 62.4 Å². The Morgan fingerprint density at radius 3 is 2.50 bits per heavy atom. The maximum absolute atomic E-state index is 5.25. The van der Waals surface area contributed by atoms with E-state index in [1.807, 2.05) is 30.3 Å². The molecule has 0 aliphatic rings. The van der Waals surface area contributed by atoms with Gasteiger partial charge in [0.2, 0.25) is 0 Å². The molecular formula is C8H9BO. The fourth-order valence-electron chi connectivity index (χ4n) is 0.693. The van der Waals surface area contributed by atoms with Crippen molar-refractivity contribution in [2.75, 3.05) is 6.61 Å². The van der Waals surface area contributed by atoms with Gasteiger partial charge in [-0.3, -0.25) is 0 Å². The van der Waals surface area contributed by atoms with E-state index in [1.165, 1.54) is 0 Å². The van der Waals surface area contributed by atoms with Crippen LogP contribution in [0.2, 0.25) is 6.32 Å². The van der Waals surface area contributed by atoms with E-state index in [0.717, 1.165) is 5.75 Å². The molecule has 0 saturated carbocycles. The highest BCUT2D eigenvalue weighted by Gasteiger charge is 1.86. The van der Waals surface area contributed by atoms with Gasteiger partial charge in [0.1, 0.15) is 5.75 Å². The zero-order chi connectivity index (χ0) is 7.23. The monoisotopic (exact) mass is 132 g/mol. The van der Waals surface area contributed by atoms with Crippen LogP contribution in [0.1, 0.15) is 0 Å². The number of benzene rings is 1. The molecule has 0 N–H and O–H groups in total. The second-order valence-corrected chi connectivity index (χ2v) is 1.95. The molecule has 0 saturated heterocycles. The van der Waals surface area contributed by atoms with Crippen molar-refractivity contribution in [3.05, 3.63) is 30.3 Å². The van der Waals surface area contributed by atoms with Gasteiger partial charge in [-0.25, -0.2) is 0 Å². The quantitative estimate of drug-likeness (QED) is 0.568. The van der Waals surface area contributed by atoms with E-state index in [1.54, 1.807) is 0 Å². The fraction of sp³-hybridized carbons (Fsp3) is 0.250. The van der Waals surface area contributed by atoms with Crippen LogP contribution in [0.5, 0.6) is 5.75 Å². The minimum Gasteiger partial charge on any atom is -0.494 e. The normalized spacial score (nSPS) is 9.20. The van der Waals surface area contributed by atoms with E-state index in [4.69, 9.17) is 12.6 Å². The van der Waals surface area contributed by atoms with Crippen molar-refractivity contribution in [2.45, 2.75) is 6.32 Å². The van der Waals surface area contributed by atoms with Crippen LogP contribution in [-0.2, 0) is 0 Å². The highest BCUT2D eigenvalue weighted by Crippen LogP contribution is 2.07. The molecule has 0 aromatic heterocycles. The topological polar surface area (TPSA) is 9.23 Å². The summed E-state index contributed by atoms with van der Waals surface area (Å²) in [5, 5.41) is 0. The molecule has 2 heteroatoms. The summed E-state index contributed by atoms with van der Waals surface area (Å²) in [5.74, 6) is 0.882. The number of para-hydroxylation sites is 1. The average molecular weight is 132 g/mol. The Morgan fingerprint density at radius 2 is 1.90 bits per heavy atom. The Bertz CT molecular complexity index is 174. The van der Waals surface area contributed by atoms with E-state index in [2.05, 4.69) is 0 Å². The molecule has 0 fully saturated rings. The van der Waals surface area contributed by atoms with Crippen molar-refractivity contribution in [1.29, 1.82) is 0 Å². The predicted molar refractivity (Wildman–Crippen MR) is 42.5 cm³/mol. The highest BCUT2D eigenvalue weighted by molar-refractivity contribution is 6.08. The number of ether oxygens (including phenoxy) is 1. The van der Waals surface area contributed by atoms with Crippen LogP contribution < -0.4 is 4.74 Å². The van der Waals surface area contributed by atoms with Gasteiger partial charge in [0.25, 0.3) is 0 Å². The molecule has 0 unspecified atom stereocenters. The minimum atomic E-state index is 0.564. The van der Waals surface area contributed by atoms with Crippen LogP contribution in [0.25, 0.3) is 0 Å². The van der Waals surface area contributed by atoms with Crippen molar-refractivity contribution >= 4 is 7.85 Å². The molecular weight excluding hydrogens is 123 g/mol. The zero-order valence-electron chi connectivity index (χ0n) is 5.79. The van der Waals surface area contributed by atoms with Gasteiger partial charge in [0.05, 0.1) is 14.5 Å². The summed E-state index contributed by atoms with van der Waals surface area (Å²) in [6.07, 6.45) is 0.564. The maximum Gasteiger partial charge on any atom is 0.119 e. The summed E-state index contributed by atoms with van der Waals surface area (Å²) in [7, 11) is 5.25. The molecule has 0 bridgehead atoms. The molecule has 1 aromatic carbocycles. The lowest BCUT2D eigenvalue weighted by Crippen LogP contribution is -1.94. The summed E-state index contributed by atoms with van der Waals surface area (Å²) >= 11 is 0. The SMILES string of the molecule is [B]CCOc1ccccc1. The Hall–Kier alpha value is -0.915. The van der Waals surface area contributed by atoms with Crippen LogP contribution in [0.3, 0.4) is 0 Å². The van der Waals surface area contributed by atoms with E-state index in [9.17, 15) is 0 Å². The second kappa shape index (κ2) is 3.99. The molecule has 1 aromatic rings. The number of hydrogen-bond acceptors (Lipinski definition) is 1. The highest BCUT2D eigenvalue weighted by atomic mass is 16.5. The number of hydrogen-bond donors (Lipinski definition) is 0. The van der Waals surface area contributed by atoms with E-state index >= 15 is 0 Å². The molecule has 0 heterocycles. The van der Waals surface area contributed by atoms with Gasteiger partial charge in [-0.1, -0.05) is 24.5 Å². The van der Waals surface area contributed by atoms with Crippen LogP contribution >= 0.6 is 0 Å². The van der Waals surface area contributed by atoms with Crippen LogP contribution in [0, 0.1) is 0 Å². The van der Waals surface area contributed by atoms with Gasteiger partial charge in [-0.2, -0.15) is 0 Å². The third kappa shape index (κ3) is 2.13. The molecule has 50 valence electrons. The lowest BCUT2D eigenvalue weighted by atomic mass is 10.1. The lowest BCUT2D eigenvalue weighted by molar-refractivity contribution is 0.340. The van der Waals surface area contributed by atoms with Crippen molar-refractivity contribution in [3.8, 4) is 5.75 Å². The Balaban J connectivity index is 2.43. The molecule has 1 nitrogen and oxygen atoms in total. The smallest absolute Gasteiger partial charge is 0.119 e. The first-order valence-corrected chi connectivity index (χ1v) is 3.31. The first kappa shape index (κ1) is 7.20. The molecule has 0 spiro atoms. The summed E-state index contributed by atoms with van der Waals surface area (Å²) in [4.78, 5) is 0. The summed E-state index contributed by atoms with van der Waals surface area (Å²) in [6.45, 7) is 0.587. The average Bonchev–Trinajstić information content (AvgIpc) is 2.03. The Kier molecular flexibility index (Phi) is 2.87. The summed E-state index contributed by atoms with van der Waals surface area (Å²) in [6, 6.07) is 9.65. The predicted octanol–water partition coefficient (Wildman–Crippen LogP) is 1.65. The van der Waals surface area contributed by atoms with Crippen LogP contribution in [-0.4, -0.2) is 14.5 Å². The molecule has 1 rings (SSSR count). The first-order valence-electron chi connectivity index (χ1n) is 3.31. The lowest BCUT2D eigenvalue weighted by Gasteiger charge is -2.01. The third-order valence-electron chi connectivity index (χ3n) is 1.13. The van der Waals surface area contributed by atoms with Crippen molar-refractivity contribution in [3.63, 3.8) is 0 Å². The van der Waals surface area contributed by atoms with Crippen LogP contribution in [0.15, 0.2) is 30.3 Å². The summed E-state index contributed by atoms with van der Waals surface area (Å²) < 4.78 is 5.23. The van der Waals surface area contributed by atoms with Gasteiger partial charge in [0, 0.05) is 0 Å². The minimum absolute atomic E-state index is 0.564. The van der Waals surface area contributed by atoms with Crippen LogP contribution in [0.4, 0.5) is 0 Å². The van der Waals surface area contributed by atoms with E-state index in [-0.39, 0.29) is 0 Å².